The van der Waals surface area contributed by atoms with Gasteiger partial charge in [-0.1, -0.05) is 12.1 Å². The number of aryl methyl sites for hydroxylation is 1. The maximum Gasteiger partial charge on any atom is 0.213 e. The number of hydrogen-bond donors (Lipinski definition) is 2. The van der Waals surface area contributed by atoms with E-state index in [9.17, 15) is 12.8 Å². The summed E-state index contributed by atoms with van der Waals surface area (Å²) in [6.45, 7) is 7.57. The van der Waals surface area contributed by atoms with Crippen LogP contribution in [0.15, 0.2) is 23.2 Å². The van der Waals surface area contributed by atoms with Gasteiger partial charge in [-0.2, -0.15) is 0 Å². The summed E-state index contributed by atoms with van der Waals surface area (Å²) in [6, 6.07) is 4.96. The Labute approximate surface area is 173 Å². The molecular formula is C17H30FIN4O2S. The van der Waals surface area contributed by atoms with Gasteiger partial charge in [0.05, 0.1) is 12.3 Å². The van der Waals surface area contributed by atoms with Gasteiger partial charge in [0.25, 0.3) is 0 Å². The molecule has 6 nitrogen and oxygen atoms in total. The molecule has 1 aromatic carbocycles. The number of benzene rings is 1. The number of hydrogen-bond acceptors (Lipinski definition) is 3. The normalized spacial score (nSPS) is 12.0. The molecule has 1 aromatic rings. The van der Waals surface area contributed by atoms with Crippen LogP contribution < -0.4 is 10.6 Å². The van der Waals surface area contributed by atoms with Gasteiger partial charge in [0.1, 0.15) is 5.82 Å². The molecule has 0 unspecified atom stereocenters. The minimum absolute atomic E-state index is 0. The summed E-state index contributed by atoms with van der Waals surface area (Å²) in [6.07, 6.45) is 0.676. The molecule has 0 saturated carbocycles. The van der Waals surface area contributed by atoms with E-state index in [0.29, 0.717) is 37.6 Å². The van der Waals surface area contributed by atoms with Crippen molar-refractivity contribution >= 4 is 40.0 Å². The number of nitrogens with zero attached hydrogens (tertiary/aromatic N) is 2. The third kappa shape index (κ3) is 8.63. The molecule has 0 bridgehead atoms. The predicted octanol–water partition coefficient (Wildman–Crippen LogP) is 2.48. The van der Waals surface area contributed by atoms with E-state index < -0.39 is 10.0 Å². The molecule has 0 fully saturated rings. The highest BCUT2D eigenvalue weighted by Gasteiger charge is 2.13. The van der Waals surface area contributed by atoms with Crippen molar-refractivity contribution in [3.63, 3.8) is 0 Å². The van der Waals surface area contributed by atoms with Crippen molar-refractivity contribution in [3.05, 3.63) is 35.1 Å². The summed E-state index contributed by atoms with van der Waals surface area (Å²) in [4.78, 5) is 4.48. The molecule has 0 aliphatic carbocycles. The maximum atomic E-state index is 13.3. The quantitative estimate of drug-likeness (QED) is 0.237. The van der Waals surface area contributed by atoms with Gasteiger partial charge in [0.15, 0.2) is 5.96 Å². The van der Waals surface area contributed by atoms with Crippen molar-refractivity contribution in [2.24, 2.45) is 4.99 Å². The molecular weight excluding hydrogens is 470 g/mol. The van der Waals surface area contributed by atoms with Crippen molar-refractivity contribution in [2.45, 2.75) is 33.7 Å². The first-order chi connectivity index (χ1) is 11.8. The van der Waals surface area contributed by atoms with E-state index in [4.69, 9.17) is 0 Å². The third-order valence-corrected chi connectivity index (χ3v) is 5.63. The molecule has 0 atom stereocenters. The van der Waals surface area contributed by atoms with Crippen LogP contribution >= 0.6 is 24.0 Å². The summed E-state index contributed by atoms with van der Waals surface area (Å²) in [5.74, 6) is 0.548. The number of rotatable bonds is 9. The van der Waals surface area contributed by atoms with Crippen molar-refractivity contribution in [3.8, 4) is 0 Å². The summed E-state index contributed by atoms with van der Waals surface area (Å²) in [5.41, 5.74) is 1.54. The van der Waals surface area contributed by atoms with E-state index in [2.05, 4.69) is 15.6 Å². The average Bonchev–Trinajstić information content (AvgIpc) is 2.58. The second-order valence-corrected chi connectivity index (χ2v) is 8.15. The number of sulfonamides is 1. The molecule has 9 heteroatoms. The first-order valence-corrected chi connectivity index (χ1v) is 10.1. The lowest BCUT2D eigenvalue weighted by Crippen LogP contribution is -2.39. The van der Waals surface area contributed by atoms with Crippen LogP contribution in [0.25, 0.3) is 0 Å². The molecule has 26 heavy (non-hydrogen) atoms. The standard InChI is InChI=1S/C17H29FN4O2S.HI/c1-5-19-17(20-10-7-11-22(4)25(23,24)6-2)21-13-15-8-9-16(18)14(3)12-15;/h8-9,12H,5-7,10-11,13H2,1-4H3,(H2,19,20,21);1H. The average molecular weight is 500 g/mol. The summed E-state index contributed by atoms with van der Waals surface area (Å²) < 4.78 is 38.0. The lowest BCUT2D eigenvalue weighted by atomic mass is 10.1. The van der Waals surface area contributed by atoms with Crippen LogP contribution in [0.2, 0.25) is 0 Å². The Morgan fingerprint density at radius 3 is 2.54 bits per heavy atom. The van der Waals surface area contributed by atoms with Gasteiger partial charge in [-0.25, -0.2) is 22.1 Å². The first-order valence-electron chi connectivity index (χ1n) is 8.51. The fraction of sp³-hybridized carbons (Fsp3) is 0.588. The minimum atomic E-state index is -3.13. The molecule has 1 rings (SSSR count). The molecule has 0 heterocycles. The zero-order chi connectivity index (χ0) is 18.9. The van der Waals surface area contributed by atoms with Crippen LogP contribution in [0.4, 0.5) is 4.39 Å². The van der Waals surface area contributed by atoms with Crippen molar-refractivity contribution in [1.29, 1.82) is 0 Å². The monoisotopic (exact) mass is 500 g/mol. The molecule has 2 N–H and O–H groups in total. The molecule has 150 valence electrons. The van der Waals surface area contributed by atoms with Crippen LogP contribution in [-0.2, 0) is 16.6 Å². The Balaban J connectivity index is 0.00000625. The van der Waals surface area contributed by atoms with Crippen LogP contribution in [0.3, 0.4) is 0 Å². The molecule has 0 saturated heterocycles. The number of guanidine groups is 1. The molecule has 0 aliphatic heterocycles. The summed E-state index contributed by atoms with van der Waals surface area (Å²) >= 11 is 0. The molecule has 0 spiro atoms. The SMILES string of the molecule is CCNC(=NCc1ccc(F)c(C)c1)NCCCN(C)S(=O)(=O)CC.I. The minimum Gasteiger partial charge on any atom is -0.357 e. The Morgan fingerprint density at radius 1 is 1.27 bits per heavy atom. The molecule has 0 radical (unpaired) electrons. The van der Waals surface area contributed by atoms with E-state index in [1.54, 1.807) is 33.0 Å². The predicted molar refractivity (Wildman–Crippen MR) is 116 cm³/mol. The van der Waals surface area contributed by atoms with E-state index in [0.717, 1.165) is 12.1 Å². The molecule has 0 aromatic heterocycles. The fourth-order valence-corrected chi connectivity index (χ4v) is 3.03. The van der Waals surface area contributed by atoms with Crippen LogP contribution in [0, 0.1) is 12.7 Å². The van der Waals surface area contributed by atoms with Crippen LogP contribution in [-0.4, -0.2) is 51.1 Å². The second-order valence-electron chi connectivity index (χ2n) is 5.78. The van der Waals surface area contributed by atoms with Gasteiger partial charge in [-0.15, -0.1) is 24.0 Å². The zero-order valence-corrected chi connectivity index (χ0v) is 19.0. The lowest BCUT2D eigenvalue weighted by Gasteiger charge is -2.16. The fourth-order valence-electron chi connectivity index (χ4n) is 2.19. The highest BCUT2D eigenvalue weighted by Crippen LogP contribution is 2.10. The third-order valence-electron chi connectivity index (χ3n) is 3.77. The summed E-state index contributed by atoms with van der Waals surface area (Å²) in [5, 5.41) is 6.33. The topological polar surface area (TPSA) is 73.8 Å². The Bertz CT molecular complexity index is 683. The smallest absolute Gasteiger partial charge is 0.213 e. The van der Waals surface area contributed by atoms with Gasteiger partial charge in [0.2, 0.25) is 10.0 Å². The van der Waals surface area contributed by atoms with Crippen LogP contribution in [0.5, 0.6) is 0 Å². The van der Waals surface area contributed by atoms with E-state index in [1.807, 2.05) is 6.92 Å². The Morgan fingerprint density at radius 2 is 1.96 bits per heavy atom. The van der Waals surface area contributed by atoms with Crippen molar-refractivity contribution < 1.29 is 12.8 Å². The highest BCUT2D eigenvalue weighted by molar-refractivity contribution is 14.0. The van der Waals surface area contributed by atoms with E-state index in [1.165, 1.54) is 10.4 Å². The number of nitrogens with one attached hydrogen (secondary N) is 2. The number of halogens is 2. The van der Waals surface area contributed by atoms with Gasteiger partial charge < -0.3 is 10.6 Å². The van der Waals surface area contributed by atoms with Crippen molar-refractivity contribution in [1.82, 2.24) is 14.9 Å². The van der Waals surface area contributed by atoms with Crippen molar-refractivity contribution in [2.75, 3.05) is 32.4 Å². The molecule has 0 amide bonds. The largest absolute Gasteiger partial charge is 0.357 e. The maximum absolute atomic E-state index is 13.3. The van der Waals surface area contributed by atoms with Gasteiger partial charge in [-0.3, -0.25) is 0 Å². The lowest BCUT2D eigenvalue weighted by molar-refractivity contribution is 0.461. The highest BCUT2D eigenvalue weighted by atomic mass is 127. The van der Waals surface area contributed by atoms with Gasteiger partial charge in [-0.05, 0) is 44.4 Å². The Hall–Kier alpha value is -0.940. The van der Waals surface area contributed by atoms with Gasteiger partial charge >= 0.3 is 0 Å². The zero-order valence-electron chi connectivity index (χ0n) is 15.9. The van der Waals surface area contributed by atoms with E-state index >= 15 is 0 Å². The number of aliphatic imine (C=N–C) groups is 1. The second kappa shape index (κ2) is 12.4. The van der Waals surface area contributed by atoms with Crippen LogP contribution in [0.1, 0.15) is 31.4 Å². The van der Waals surface area contributed by atoms with E-state index in [-0.39, 0.29) is 35.5 Å². The molecule has 0 aliphatic rings. The summed E-state index contributed by atoms with van der Waals surface area (Å²) in [7, 11) is -1.54. The van der Waals surface area contributed by atoms with Gasteiger partial charge in [0, 0.05) is 26.7 Å². The first kappa shape index (κ1) is 25.1. The Kier molecular flexibility index (Phi) is 12.0.